The second-order valence-electron chi connectivity index (χ2n) is 9.02. The summed E-state index contributed by atoms with van der Waals surface area (Å²) in [7, 11) is 0. The average Bonchev–Trinajstić information content (AvgIpc) is 3.46. The minimum atomic E-state index is -0.260. The van der Waals surface area contributed by atoms with Gasteiger partial charge in [0.25, 0.3) is 0 Å². The molecule has 0 amide bonds. The predicted molar refractivity (Wildman–Crippen MR) is 143 cm³/mol. The summed E-state index contributed by atoms with van der Waals surface area (Å²) in [6, 6.07) is 38.6. The monoisotopic (exact) mass is 500 g/mol. The quantitative estimate of drug-likeness (QED) is 0.194. The molecule has 0 radical (unpaired) electrons. The van der Waals surface area contributed by atoms with Crippen molar-refractivity contribution < 1.29 is 0 Å². The Morgan fingerprint density at radius 2 is 1.03 bits per heavy atom. The Hall–Kier alpha value is -3.20. The fourth-order valence-corrected chi connectivity index (χ4v) is 7.80. The van der Waals surface area contributed by atoms with Crippen LogP contribution < -0.4 is 0 Å². The summed E-state index contributed by atoms with van der Waals surface area (Å²) in [5.41, 5.74) is 10.8. The molecule has 1 spiro atoms. The Morgan fingerprint density at radius 1 is 0.485 bits per heavy atom. The molecule has 33 heavy (non-hydrogen) atoms. The second-order valence-corrected chi connectivity index (χ2v) is 11.0. The van der Waals surface area contributed by atoms with Crippen LogP contribution in [0.5, 0.6) is 0 Å². The van der Waals surface area contributed by atoms with E-state index in [0.717, 1.165) is 4.47 Å². The largest absolute Gasteiger partial charge is 0.135 e. The molecule has 5 aromatic carbocycles. The molecule has 154 valence electrons. The van der Waals surface area contributed by atoms with Gasteiger partial charge in [-0.25, -0.2) is 0 Å². The molecule has 1 heterocycles. The summed E-state index contributed by atoms with van der Waals surface area (Å²) in [5.74, 6) is 0. The third-order valence-corrected chi connectivity index (χ3v) is 9.18. The Kier molecular flexibility index (Phi) is 3.44. The van der Waals surface area contributed by atoms with Gasteiger partial charge in [0, 0.05) is 24.6 Å². The predicted octanol–water partition coefficient (Wildman–Crippen LogP) is 9.16. The molecule has 0 atom stereocenters. The summed E-state index contributed by atoms with van der Waals surface area (Å²) in [4.78, 5) is 0. The Morgan fingerprint density at radius 3 is 1.67 bits per heavy atom. The van der Waals surface area contributed by atoms with Gasteiger partial charge in [-0.2, -0.15) is 0 Å². The second kappa shape index (κ2) is 6.22. The molecule has 1 aromatic heterocycles. The lowest BCUT2D eigenvalue weighted by atomic mass is 9.70. The lowest BCUT2D eigenvalue weighted by Crippen LogP contribution is -2.25. The van der Waals surface area contributed by atoms with E-state index in [9.17, 15) is 0 Å². The van der Waals surface area contributed by atoms with Gasteiger partial charge >= 0.3 is 0 Å². The first-order chi connectivity index (χ1) is 16.3. The molecular weight excluding hydrogens is 484 g/mol. The van der Waals surface area contributed by atoms with E-state index >= 15 is 0 Å². The van der Waals surface area contributed by atoms with Crippen LogP contribution in [0.1, 0.15) is 22.3 Å². The van der Waals surface area contributed by atoms with Gasteiger partial charge in [0.1, 0.15) is 0 Å². The van der Waals surface area contributed by atoms with Crippen LogP contribution in [0, 0.1) is 0 Å². The molecule has 0 aliphatic heterocycles. The van der Waals surface area contributed by atoms with Gasteiger partial charge in [-0.1, -0.05) is 88.7 Å². The van der Waals surface area contributed by atoms with Crippen molar-refractivity contribution in [1.82, 2.24) is 0 Å². The Balaban J connectivity index is 1.59. The number of benzene rings is 5. The number of halogens is 1. The van der Waals surface area contributed by atoms with Crippen molar-refractivity contribution in [2.45, 2.75) is 5.41 Å². The van der Waals surface area contributed by atoms with Crippen LogP contribution in [-0.2, 0) is 5.41 Å². The zero-order valence-electron chi connectivity index (χ0n) is 17.6. The van der Waals surface area contributed by atoms with Crippen molar-refractivity contribution in [1.29, 1.82) is 0 Å². The van der Waals surface area contributed by atoms with Gasteiger partial charge in [0.05, 0.1) is 5.41 Å². The molecule has 0 saturated carbocycles. The number of thiophene rings is 1. The highest BCUT2D eigenvalue weighted by molar-refractivity contribution is 9.10. The van der Waals surface area contributed by atoms with E-state index in [4.69, 9.17) is 0 Å². The zero-order valence-corrected chi connectivity index (χ0v) is 20.0. The van der Waals surface area contributed by atoms with Crippen LogP contribution in [0.15, 0.2) is 108 Å². The Bertz CT molecular complexity index is 1740. The Labute approximate surface area is 204 Å². The van der Waals surface area contributed by atoms with Gasteiger partial charge in [0.2, 0.25) is 0 Å². The SMILES string of the molecule is Brc1ccc2sc3cc4c(cc3c2c1)-c1ccccc1C41c2ccccc2-c2ccccc21. The van der Waals surface area contributed by atoms with Gasteiger partial charge in [-0.15, -0.1) is 11.3 Å². The fraction of sp³-hybridized carbons (Fsp3) is 0.0323. The van der Waals surface area contributed by atoms with E-state index in [2.05, 4.69) is 119 Å². The van der Waals surface area contributed by atoms with Gasteiger partial charge in [-0.05, 0) is 74.8 Å². The van der Waals surface area contributed by atoms with Crippen LogP contribution in [0.3, 0.4) is 0 Å². The maximum absolute atomic E-state index is 3.68. The minimum absolute atomic E-state index is 0.260. The normalized spacial score (nSPS) is 14.5. The van der Waals surface area contributed by atoms with E-state index < -0.39 is 0 Å². The maximum Gasteiger partial charge on any atom is 0.0726 e. The van der Waals surface area contributed by atoms with E-state index in [1.165, 1.54) is 64.7 Å². The molecule has 0 unspecified atom stereocenters. The molecule has 0 N–H and O–H groups in total. The number of rotatable bonds is 0. The zero-order chi connectivity index (χ0) is 21.7. The number of fused-ring (bicyclic) bond motifs is 13. The van der Waals surface area contributed by atoms with Gasteiger partial charge in [-0.3, -0.25) is 0 Å². The highest BCUT2D eigenvalue weighted by Crippen LogP contribution is 2.63. The molecule has 0 nitrogen and oxygen atoms in total. The topological polar surface area (TPSA) is 0 Å². The van der Waals surface area contributed by atoms with Crippen LogP contribution in [0.2, 0.25) is 0 Å². The molecule has 6 aromatic rings. The molecule has 8 rings (SSSR count). The lowest BCUT2D eigenvalue weighted by molar-refractivity contribution is 0.795. The average molecular weight is 501 g/mol. The van der Waals surface area contributed by atoms with Gasteiger partial charge < -0.3 is 0 Å². The van der Waals surface area contributed by atoms with Crippen LogP contribution in [0.25, 0.3) is 42.4 Å². The summed E-state index contributed by atoms with van der Waals surface area (Å²) < 4.78 is 3.83. The minimum Gasteiger partial charge on any atom is -0.135 e. The molecule has 2 heteroatoms. The van der Waals surface area contributed by atoms with Crippen molar-refractivity contribution in [3.05, 3.63) is 130 Å². The first-order valence-electron chi connectivity index (χ1n) is 11.2. The van der Waals surface area contributed by atoms with Crippen LogP contribution in [-0.4, -0.2) is 0 Å². The van der Waals surface area contributed by atoms with Crippen molar-refractivity contribution in [3.8, 4) is 22.3 Å². The van der Waals surface area contributed by atoms with Crippen LogP contribution >= 0.6 is 27.3 Å². The van der Waals surface area contributed by atoms with Crippen LogP contribution in [0.4, 0.5) is 0 Å². The molecular formula is C31H17BrS. The first-order valence-corrected chi connectivity index (χ1v) is 12.8. The summed E-state index contributed by atoms with van der Waals surface area (Å²) in [6.45, 7) is 0. The van der Waals surface area contributed by atoms with E-state index in [1.807, 2.05) is 11.3 Å². The molecule has 2 aliphatic rings. The fourth-order valence-electron chi connectivity index (χ4n) is 6.33. The number of hydrogen-bond donors (Lipinski definition) is 0. The summed E-state index contributed by atoms with van der Waals surface area (Å²) in [6.07, 6.45) is 0. The standard InChI is InChI=1S/C31H17BrS/c32-18-13-14-29-23(15-18)24-16-22-21-9-3-6-12-27(21)31(28(22)17-30(24)33-29)25-10-4-1-7-19(25)20-8-2-5-11-26(20)31/h1-17H. The maximum atomic E-state index is 3.68. The smallest absolute Gasteiger partial charge is 0.0726 e. The first kappa shape index (κ1) is 18.3. The number of hydrogen-bond acceptors (Lipinski definition) is 1. The highest BCUT2D eigenvalue weighted by Gasteiger charge is 2.51. The summed E-state index contributed by atoms with van der Waals surface area (Å²) in [5, 5.41) is 2.68. The third kappa shape index (κ3) is 2.12. The van der Waals surface area contributed by atoms with E-state index in [1.54, 1.807) is 0 Å². The lowest BCUT2D eigenvalue weighted by Gasteiger charge is -2.30. The molecule has 0 fully saturated rings. The highest BCUT2D eigenvalue weighted by atomic mass is 79.9. The van der Waals surface area contributed by atoms with Crippen molar-refractivity contribution in [2.75, 3.05) is 0 Å². The van der Waals surface area contributed by atoms with Crippen molar-refractivity contribution in [2.24, 2.45) is 0 Å². The molecule has 2 aliphatic carbocycles. The van der Waals surface area contributed by atoms with E-state index in [0.29, 0.717) is 0 Å². The molecule has 0 saturated heterocycles. The van der Waals surface area contributed by atoms with E-state index in [-0.39, 0.29) is 5.41 Å². The van der Waals surface area contributed by atoms with Crippen molar-refractivity contribution >= 4 is 47.4 Å². The molecule has 0 bridgehead atoms. The summed E-state index contributed by atoms with van der Waals surface area (Å²) >= 11 is 5.58. The van der Waals surface area contributed by atoms with Crippen molar-refractivity contribution in [3.63, 3.8) is 0 Å². The van der Waals surface area contributed by atoms with Gasteiger partial charge in [0.15, 0.2) is 0 Å². The third-order valence-electron chi connectivity index (χ3n) is 7.55.